The average Bonchev–Trinajstić information content (AvgIpc) is 3.14. The molecular formula is C31H34F3NO2. The predicted octanol–water partition coefficient (Wildman–Crippen LogP) is 6.79. The summed E-state index contributed by atoms with van der Waals surface area (Å²) in [5, 5.41) is 0. The Morgan fingerprint density at radius 2 is 1.78 bits per heavy atom. The van der Waals surface area contributed by atoms with Crippen molar-refractivity contribution in [1.29, 1.82) is 0 Å². The molecule has 1 aromatic carbocycles. The fraction of sp³-hybridized carbons (Fsp3) is 0.548. The van der Waals surface area contributed by atoms with Crippen LogP contribution in [0.3, 0.4) is 0 Å². The number of carbonyl (C=O) groups is 2. The summed E-state index contributed by atoms with van der Waals surface area (Å²) < 4.78 is 39.9. The average molecular weight is 510 g/mol. The maximum absolute atomic E-state index is 13.3. The lowest BCUT2D eigenvalue weighted by Crippen LogP contribution is -2.50. The maximum atomic E-state index is 13.3. The van der Waals surface area contributed by atoms with Gasteiger partial charge in [-0.2, -0.15) is 13.2 Å². The zero-order valence-corrected chi connectivity index (χ0v) is 22.0. The molecule has 37 heavy (non-hydrogen) atoms. The van der Waals surface area contributed by atoms with E-state index < -0.39 is 17.0 Å². The fourth-order valence-corrected chi connectivity index (χ4v) is 8.04. The van der Waals surface area contributed by atoms with Crippen molar-refractivity contribution in [2.45, 2.75) is 70.9 Å². The minimum Gasteiger partial charge on any atom is -0.378 e. The van der Waals surface area contributed by atoms with E-state index in [9.17, 15) is 22.8 Å². The van der Waals surface area contributed by atoms with Crippen LogP contribution in [-0.2, 0) is 9.59 Å². The molecule has 0 aliphatic heterocycles. The summed E-state index contributed by atoms with van der Waals surface area (Å²) in [7, 11) is 3.97. The van der Waals surface area contributed by atoms with Gasteiger partial charge < -0.3 is 4.90 Å². The van der Waals surface area contributed by atoms with Crippen molar-refractivity contribution in [1.82, 2.24) is 0 Å². The van der Waals surface area contributed by atoms with Crippen molar-refractivity contribution in [2.75, 3.05) is 19.0 Å². The maximum Gasteiger partial charge on any atom is 0.457 e. The van der Waals surface area contributed by atoms with Gasteiger partial charge in [-0.1, -0.05) is 30.6 Å². The molecular weight excluding hydrogens is 475 g/mol. The smallest absolute Gasteiger partial charge is 0.378 e. The van der Waals surface area contributed by atoms with Gasteiger partial charge in [0.15, 0.2) is 5.78 Å². The first-order valence-electron chi connectivity index (χ1n) is 13.2. The minimum atomic E-state index is -4.64. The van der Waals surface area contributed by atoms with Gasteiger partial charge in [0.05, 0.1) is 5.41 Å². The number of rotatable bonds is 3. The fourth-order valence-electron chi connectivity index (χ4n) is 8.04. The second-order valence-electron chi connectivity index (χ2n) is 11.7. The third-order valence-corrected chi connectivity index (χ3v) is 9.76. The highest BCUT2D eigenvalue weighted by Gasteiger charge is 2.65. The first-order valence-corrected chi connectivity index (χ1v) is 13.2. The van der Waals surface area contributed by atoms with E-state index in [1.54, 1.807) is 0 Å². The van der Waals surface area contributed by atoms with Crippen molar-refractivity contribution >= 4 is 17.3 Å². The molecule has 0 saturated heterocycles. The summed E-state index contributed by atoms with van der Waals surface area (Å²) in [5.41, 5.74) is 3.96. The molecule has 6 heteroatoms. The molecule has 0 bridgehead atoms. The number of Topliss-reactive ketones (excluding diaryl/α,β-unsaturated/α-hetero) is 1. The number of carbonyl (C=O) groups excluding carboxylic acids is 2. The molecule has 0 radical (unpaired) electrons. The van der Waals surface area contributed by atoms with E-state index in [4.69, 9.17) is 0 Å². The van der Waals surface area contributed by atoms with Crippen LogP contribution in [0.25, 0.3) is 0 Å². The zero-order valence-electron chi connectivity index (χ0n) is 22.0. The number of halogens is 3. The Kier molecular flexibility index (Phi) is 6.21. The molecule has 0 amide bonds. The van der Waals surface area contributed by atoms with Crippen LogP contribution < -0.4 is 4.90 Å². The quantitative estimate of drug-likeness (QED) is 0.421. The highest BCUT2D eigenvalue weighted by Crippen LogP contribution is 2.69. The summed E-state index contributed by atoms with van der Waals surface area (Å²) in [5.74, 6) is 4.17. The molecule has 196 valence electrons. The Balaban J connectivity index is 1.69. The van der Waals surface area contributed by atoms with Crippen LogP contribution >= 0.6 is 0 Å². The lowest BCUT2D eigenvalue weighted by molar-refractivity contribution is -0.130. The Hall–Kier alpha value is -2.81. The van der Waals surface area contributed by atoms with Crippen molar-refractivity contribution in [3.05, 3.63) is 52.6 Å². The van der Waals surface area contributed by atoms with Crippen LogP contribution in [0, 0.1) is 34.5 Å². The van der Waals surface area contributed by atoms with Gasteiger partial charge in [0.2, 0.25) is 0 Å². The Bertz CT molecular complexity index is 1260. The lowest BCUT2D eigenvalue weighted by atomic mass is 9.48. The summed E-state index contributed by atoms with van der Waals surface area (Å²) in [6.07, 6.45) is 1.66. The Morgan fingerprint density at radius 1 is 1.08 bits per heavy atom. The number of anilines is 1. The number of allylic oxidation sites excluding steroid dienone is 4. The van der Waals surface area contributed by atoms with Crippen LogP contribution in [0.2, 0.25) is 0 Å². The second kappa shape index (κ2) is 8.89. The van der Waals surface area contributed by atoms with Gasteiger partial charge in [0.25, 0.3) is 0 Å². The summed E-state index contributed by atoms with van der Waals surface area (Å²) in [6, 6.07) is 8.38. The molecule has 0 heterocycles. The summed E-state index contributed by atoms with van der Waals surface area (Å²) in [6.45, 7) is 3.44. The number of hydrogen-bond acceptors (Lipinski definition) is 3. The monoisotopic (exact) mass is 509 g/mol. The molecule has 1 aromatic rings. The topological polar surface area (TPSA) is 37.4 Å². The molecule has 0 N–H and O–H groups in total. The first-order chi connectivity index (χ1) is 17.4. The SMILES string of the molecule is CC(=O)[C@]1(C#CC(F)(F)F)CC[C@H]2[C@@H]3CCC4=CC(=O)CCC4=C3[C@@H](c3ccc(N(C)C)cc3)C[C@@]21C. The molecule has 4 aliphatic rings. The van der Waals surface area contributed by atoms with Gasteiger partial charge in [-0.25, -0.2) is 0 Å². The van der Waals surface area contributed by atoms with E-state index >= 15 is 0 Å². The van der Waals surface area contributed by atoms with Crippen molar-refractivity contribution in [2.24, 2.45) is 22.7 Å². The second-order valence-corrected chi connectivity index (χ2v) is 11.7. The van der Waals surface area contributed by atoms with E-state index in [0.29, 0.717) is 25.7 Å². The molecule has 0 unspecified atom stereocenters. The lowest BCUT2D eigenvalue weighted by Gasteiger charge is -2.54. The van der Waals surface area contributed by atoms with Gasteiger partial charge in [0, 0.05) is 38.0 Å². The van der Waals surface area contributed by atoms with E-state index in [2.05, 4.69) is 30.2 Å². The predicted molar refractivity (Wildman–Crippen MR) is 138 cm³/mol. The van der Waals surface area contributed by atoms with Gasteiger partial charge in [-0.15, -0.1) is 0 Å². The van der Waals surface area contributed by atoms with Crippen molar-refractivity contribution in [3.8, 4) is 11.8 Å². The van der Waals surface area contributed by atoms with Crippen LogP contribution in [-0.4, -0.2) is 31.8 Å². The van der Waals surface area contributed by atoms with E-state index in [0.717, 1.165) is 36.1 Å². The zero-order chi connectivity index (χ0) is 26.8. The highest BCUT2D eigenvalue weighted by atomic mass is 19.4. The van der Waals surface area contributed by atoms with Gasteiger partial charge in [0.1, 0.15) is 5.78 Å². The first kappa shape index (κ1) is 25.8. The van der Waals surface area contributed by atoms with Crippen molar-refractivity contribution < 1.29 is 22.8 Å². The molecule has 2 saturated carbocycles. The summed E-state index contributed by atoms with van der Waals surface area (Å²) in [4.78, 5) is 27.5. The molecule has 0 aromatic heterocycles. The minimum absolute atomic E-state index is 0.0288. The van der Waals surface area contributed by atoms with Gasteiger partial charge >= 0.3 is 6.18 Å². The Labute approximate surface area is 217 Å². The molecule has 0 spiro atoms. The molecule has 4 aliphatic carbocycles. The summed E-state index contributed by atoms with van der Waals surface area (Å²) >= 11 is 0. The number of benzene rings is 1. The van der Waals surface area contributed by atoms with Crippen molar-refractivity contribution in [3.63, 3.8) is 0 Å². The van der Waals surface area contributed by atoms with Crippen LogP contribution in [0.1, 0.15) is 70.3 Å². The number of hydrogen-bond donors (Lipinski definition) is 0. The number of alkyl halides is 3. The largest absolute Gasteiger partial charge is 0.457 e. The molecule has 3 nitrogen and oxygen atoms in total. The molecule has 5 atom stereocenters. The highest BCUT2D eigenvalue weighted by molar-refractivity contribution is 5.93. The van der Waals surface area contributed by atoms with Crippen LogP contribution in [0.5, 0.6) is 0 Å². The third kappa shape index (κ3) is 4.15. The molecule has 5 rings (SSSR count). The number of fused-ring (bicyclic) bond motifs is 4. The van der Waals surface area contributed by atoms with E-state index in [-0.39, 0.29) is 29.3 Å². The van der Waals surface area contributed by atoms with Crippen LogP contribution in [0.4, 0.5) is 18.9 Å². The van der Waals surface area contributed by atoms with E-state index in [1.165, 1.54) is 24.0 Å². The number of ketones is 2. The number of nitrogens with zero attached hydrogens (tertiary/aromatic N) is 1. The Morgan fingerprint density at radius 3 is 2.41 bits per heavy atom. The van der Waals surface area contributed by atoms with Crippen LogP contribution in [0.15, 0.2) is 47.1 Å². The van der Waals surface area contributed by atoms with Gasteiger partial charge in [-0.3, -0.25) is 9.59 Å². The normalized spacial score (nSPS) is 33.0. The van der Waals surface area contributed by atoms with E-state index in [1.807, 2.05) is 32.0 Å². The van der Waals surface area contributed by atoms with Gasteiger partial charge in [-0.05, 0) is 97.6 Å². The standard InChI is InChI=1S/C31H34F3NO2/c1-19(36)30(15-16-31(32,33)34)14-13-27-25-11-7-21-17-23(37)10-12-24(21)28(25)26(18-29(27,30)2)20-5-8-22(9-6-20)35(3)4/h5-6,8-9,17,25-27H,7,10-14,18H2,1-4H3/t25-,26+,27-,29-,30+/m0/s1. The third-order valence-electron chi connectivity index (χ3n) is 9.76. The molecule has 2 fully saturated rings.